The smallest absolute Gasteiger partial charge is 0.358 e. The van der Waals surface area contributed by atoms with Crippen LogP contribution in [0.3, 0.4) is 0 Å². The van der Waals surface area contributed by atoms with Gasteiger partial charge in [-0.3, -0.25) is 0 Å². The Morgan fingerprint density at radius 1 is 0.857 bits per heavy atom. The molecule has 0 aromatic rings. The lowest BCUT2D eigenvalue weighted by molar-refractivity contribution is -0.148. The second kappa shape index (κ2) is 12.8. The molecule has 126 valence electrons. The number of unbranched alkanes of at least 4 members (excludes halogenated alkanes) is 7. The number of alkyl halides is 3. The van der Waals surface area contributed by atoms with Gasteiger partial charge in [-0.05, 0) is 19.3 Å². The molecule has 2 nitrogen and oxygen atoms in total. The molecule has 0 radical (unpaired) electrons. The molecule has 1 atom stereocenters. The van der Waals surface area contributed by atoms with E-state index in [4.69, 9.17) is 39.5 Å². The van der Waals surface area contributed by atoms with Crippen molar-refractivity contribution < 1.29 is 9.53 Å². The van der Waals surface area contributed by atoms with Crippen molar-refractivity contribution in [1.82, 2.24) is 0 Å². The van der Waals surface area contributed by atoms with E-state index in [9.17, 15) is 4.79 Å². The minimum Gasteiger partial charge on any atom is -0.459 e. The zero-order valence-electron chi connectivity index (χ0n) is 13.3. The Balaban J connectivity index is 3.77. The lowest BCUT2D eigenvalue weighted by Crippen LogP contribution is -2.27. The predicted molar refractivity (Wildman–Crippen MR) is 92.3 cm³/mol. The highest BCUT2D eigenvalue weighted by atomic mass is 35.6. The molecule has 0 heterocycles. The van der Waals surface area contributed by atoms with Gasteiger partial charge < -0.3 is 4.74 Å². The summed E-state index contributed by atoms with van der Waals surface area (Å²) in [5, 5.41) is 0. The van der Waals surface area contributed by atoms with Crippen molar-refractivity contribution in [2.24, 2.45) is 0 Å². The SMILES string of the molecule is CCCCCCCCCCC(CCC)OC(=O)C(Cl)(Cl)Cl. The summed E-state index contributed by atoms with van der Waals surface area (Å²) in [5.74, 6) is -0.759. The molecule has 0 aromatic heterocycles. The van der Waals surface area contributed by atoms with E-state index in [1.54, 1.807) is 0 Å². The van der Waals surface area contributed by atoms with Crippen molar-refractivity contribution in [3.63, 3.8) is 0 Å². The minimum absolute atomic E-state index is 0.127. The molecule has 5 heteroatoms. The van der Waals surface area contributed by atoms with Crippen LogP contribution in [0, 0.1) is 0 Å². The van der Waals surface area contributed by atoms with Gasteiger partial charge in [0.05, 0.1) is 0 Å². The highest BCUT2D eigenvalue weighted by Crippen LogP contribution is 2.29. The molecule has 0 saturated heterocycles. The third-order valence-electron chi connectivity index (χ3n) is 3.50. The molecular weight excluding hydrogens is 331 g/mol. The largest absolute Gasteiger partial charge is 0.459 e. The van der Waals surface area contributed by atoms with Gasteiger partial charge in [-0.15, -0.1) is 0 Å². The second-order valence-electron chi connectivity index (χ2n) is 5.58. The minimum atomic E-state index is -1.97. The van der Waals surface area contributed by atoms with Crippen LogP contribution < -0.4 is 0 Å². The maximum Gasteiger partial charge on any atom is 0.358 e. The molecule has 0 fully saturated rings. The number of hydrogen-bond acceptors (Lipinski definition) is 2. The highest BCUT2D eigenvalue weighted by molar-refractivity contribution is 6.75. The first-order valence-electron chi connectivity index (χ1n) is 8.19. The van der Waals surface area contributed by atoms with E-state index in [1.165, 1.54) is 44.9 Å². The standard InChI is InChI=1S/C16H29Cl3O2/c1-3-5-6-7-8-9-10-11-13-14(12-4-2)21-15(20)16(17,18)19/h14H,3-13H2,1-2H3. The second-order valence-corrected chi connectivity index (χ2v) is 7.86. The van der Waals surface area contributed by atoms with Gasteiger partial charge in [0.1, 0.15) is 6.10 Å². The van der Waals surface area contributed by atoms with E-state index < -0.39 is 9.76 Å². The average Bonchev–Trinajstić information content (AvgIpc) is 2.40. The summed E-state index contributed by atoms with van der Waals surface area (Å²) < 4.78 is 3.31. The van der Waals surface area contributed by atoms with E-state index in [0.29, 0.717) is 0 Å². The summed E-state index contributed by atoms with van der Waals surface area (Å²) in [6, 6.07) is 0. The van der Waals surface area contributed by atoms with Crippen molar-refractivity contribution in [3.05, 3.63) is 0 Å². The van der Waals surface area contributed by atoms with E-state index >= 15 is 0 Å². The van der Waals surface area contributed by atoms with E-state index in [1.807, 2.05) is 0 Å². The van der Waals surface area contributed by atoms with Gasteiger partial charge in [-0.25, -0.2) is 4.79 Å². The lowest BCUT2D eigenvalue weighted by Gasteiger charge is -2.19. The highest BCUT2D eigenvalue weighted by Gasteiger charge is 2.34. The molecule has 0 spiro atoms. The first-order valence-corrected chi connectivity index (χ1v) is 9.33. The van der Waals surface area contributed by atoms with Crippen LogP contribution in [0.15, 0.2) is 0 Å². The third kappa shape index (κ3) is 12.6. The number of halogens is 3. The number of carbonyl (C=O) groups excluding carboxylic acids is 1. The number of esters is 1. The number of ether oxygens (including phenoxy) is 1. The third-order valence-corrected chi connectivity index (χ3v) is 3.96. The quantitative estimate of drug-likeness (QED) is 0.223. The van der Waals surface area contributed by atoms with Crippen molar-refractivity contribution in [2.75, 3.05) is 0 Å². The maximum absolute atomic E-state index is 11.6. The number of hydrogen-bond donors (Lipinski definition) is 0. The van der Waals surface area contributed by atoms with Gasteiger partial charge in [0.15, 0.2) is 0 Å². The molecule has 0 amide bonds. The Bertz CT molecular complexity index is 265. The molecule has 0 aromatic carbocycles. The Labute approximate surface area is 144 Å². The molecule has 1 unspecified atom stereocenters. The van der Waals surface area contributed by atoms with Crippen LogP contribution in [-0.4, -0.2) is 15.9 Å². The van der Waals surface area contributed by atoms with Crippen LogP contribution >= 0.6 is 34.8 Å². The fraction of sp³-hybridized carbons (Fsp3) is 0.938. The summed E-state index contributed by atoms with van der Waals surface area (Å²) >= 11 is 16.6. The van der Waals surface area contributed by atoms with Crippen molar-refractivity contribution in [3.8, 4) is 0 Å². The first-order chi connectivity index (χ1) is 9.91. The van der Waals surface area contributed by atoms with Gasteiger partial charge in [-0.1, -0.05) is 100 Å². The maximum atomic E-state index is 11.6. The van der Waals surface area contributed by atoms with Crippen LogP contribution in [0.2, 0.25) is 0 Å². The number of carbonyl (C=O) groups is 1. The first kappa shape index (κ1) is 21.3. The summed E-state index contributed by atoms with van der Waals surface area (Å²) in [4.78, 5) is 11.6. The summed E-state index contributed by atoms with van der Waals surface area (Å²) in [6.45, 7) is 4.29. The molecule has 21 heavy (non-hydrogen) atoms. The Hall–Kier alpha value is 0.340. The van der Waals surface area contributed by atoms with Gasteiger partial charge in [0, 0.05) is 0 Å². The molecule has 0 rings (SSSR count). The van der Waals surface area contributed by atoms with Gasteiger partial charge in [0.25, 0.3) is 3.79 Å². The topological polar surface area (TPSA) is 26.3 Å². The van der Waals surface area contributed by atoms with E-state index in [0.717, 1.165) is 25.7 Å². The molecular formula is C16H29Cl3O2. The molecule has 0 N–H and O–H groups in total. The molecule has 0 aliphatic carbocycles. The van der Waals surface area contributed by atoms with Crippen molar-refractivity contribution in [1.29, 1.82) is 0 Å². The van der Waals surface area contributed by atoms with Gasteiger partial charge in [-0.2, -0.15) is 0 Å². The van der Waals surface area contributed by atoms with E-state index in [2.05, 4.69) is 13.8 Å². The van der Waals surface area contributed by atoms with Crippen LogP contribution in [0.25, 0.3) is 0 Å². The Morgan fingerprint density at radius 3 is 1.86 bits per heavy atom. The lowest BCUT2D eigenvalue weighted by atomic mass is 10.0. The molecule has 0 bridgehead atoms. The van der Waals surface area contributed by atoms with Crippen LogP contribution in [-0.2, 0) is 9.53 Å². The summed E-state index contributed by atoms with van der Waals surface area (Å²) in [7, 11) is 0. The normalized spacial score (nSPS) is 13.2. The van der Waals surface area contributed by atoms with Crippen molar-refractivity contribution >= 4 is 40.8 Å². The fourth-order valence-electron chi connectivity index (χ4n) is 2.31. The zero-order chi connectivity index (χ0) is 16.1. The Morgan fingerprint density at radius 2 is 1.38 bits per heavy atom. The number of rotatable bonds is 12. The summed E-state index contributed by atoms with van der Waals surface area (Å²) in [5.41, 5.74) is 0. The zero-order valence-corrected chi connectivity index (χ0v) is 15.6. The monoisotopic (exact) mass is 358 g/mol. The van der Waals surface area contributed by atoms with Crippen LogP contribution in [0.1, 0.15) is 84.5 Å². The fourth-order valence-corrected chi connectivity index (χ4v) is 2.44. The van der Waals surface area contributed by atoms with Crippen LogP contribution in [0.4, 0.5) is 0 Å². The molecule has 0 aliphatic heterocycles. The predicted octanol–water partition coefficient (Wildman–Crippen LogP) is 6.60. The van der Waals surface area contributed by atoms with Crippen LogP contribution in [0.5, 0.6) is 0 Å². The van der Waals surface area contributed by atoms with Crippen molar-refractivity contribution in [2.45, 2.75) is 94.4 Å². The molecule has 0 saturated carbocycles. The average molecular weight is 360 g/mol. The van der Waals surface area contributed by atoms with Gasteiger partial charge >= 0.3 is 5.97 Å². The summed E-state index contributed by atoms with van der Waals surface area (Å²) in [6.07, 6.45) is 12.6. The Kier molecular flexibility index (Phi) is 13.0. The van der Waals surface area contributed by atoms with E-state index in [-0.39, 0.29) is 6.10 Å². The van der Waals surface area contributed by atoms with Gasteiger partial charge in [0.2, 0.25) is 0 Å². The molecule has 0 aliphatic rings.